The number of aromatic nitrogens is 2. The van der Waals surface area contributed by atoms with E-state index >= 15 is 0 Å². The Morgan fingerprint density at radius 3 is 2.59 bits per heavy atom. The van der Waals surface area contributed by atoms with Crippen LogP contribution in [0.4, 0.5) is 30.4 Å². The highest BCUT2D eigenvalue weighted by molar-refractivity contribution is 9.10. The van der Waals surface area contributed by atoms with Crippen molar-refractivity contribution in [3.63, 3.8) is 0 Å². The molecular formula is C21H17BrF3N5O4. The van der Waals surface area contributed by atoms with E-state index in [-0.39, 0.29) is 35.1 Å². The van der Waals surface area contributed by atoms with E-state index in [9.17, 15) is 28.1 Å². The molecule has 2 aromatic carbocycles. The summed E-state index contributed by atoms with van der Waals surface area (Å²) in [4.78, 5) is 23.2. The number of ether oxygens (including phenoxy) is 1. The third-order valence-electron chi connectivity index (χ3n) is 5.29. The van der Waals surface area contributed by atoms with E-state index in [0.717, 1.165) is 15.2 Å². The molecule has 0 aliphatic carbocycles. The number of anilines is 2. The number of hydrogen-bond acceptors (Lipinski definition) is 6. The Kier molecular flexibility index (Phi) is 6.21. The van der Waals surface area contributed by atoms with Gasteiger partial charge in [0.2, 0.25) is 0 Å². The number of nitro benzene ring substituents is 1. The molecule has 2 atom stereocenters. The predicted molar refractivity (Wildman–Crippen MR) is 120 cm³/mol. The van der Waals surface area contributed by atoms with Crippen molar-refractivity contribution in [1.82, 2.24) is 9.78 Å². The summed E-state index contributed by atoms with van der Waals surface area (Å²) in [7, 11) is 1.30. The van der Waals surface area contributed by atoms with Gasteiger partial charge in [0.15, 0.2) is 11.7 Å². The molecule has 178 valence electrons. The van der Waals surface area contributed by atoms with Gasteiger partial charge in [0, 0.05) is 29.1 Å². The van der Waals surface area contributed by atoms with Gasteiger partial charge in [-0.25, -0.2) is 4.68 Å². The Balaban J connectivity index is 1.64. The minimum absolute atomic E-state index is 0.0308. The van der Waals surface area contributed by atoms with Crippen molar-refractivity contribution < 1.29 is 27.6 Å². The average Bonchev–Trinajstić information content (AvgIpc) is 3.22. The minimum Gasteiger partial charge on any atom is -0.496 e. The van der Waals surface area contributed by atoms with Gasteiger partial charge >= 0.3 is 6.18 Å². The Hall–Kier alpha value is -3.61. The molecule has 13 heteroatoms. The first-order chi connectivity index (χ1) is 16.0. The first-order valence-electron chi connectivity index (χ1n) is 9.88. The number of hydrogen-bond donors (Lipinski definition) is 2. The minimum atomic E-state index is -4.60. The van der Waals surface area contributed by atoms with Crippen molar-refractivity contribution in [2.24, 2.45) is 0 Å². The van der Waals surface area contributed by atoms with Crippen molar-refractivity contribution in [3.8, 4) is 5.75 Å². The van der Waals surface area contributed by atoms with Crippen LogP contribution in [0.25, 0.3) is 0 Å². The molecule has 1 aromatic heterocycles. The van der Waals surface area contributed by atoms with E-state index in [1.807, 2.05) is 0 Å². The third kappa shape index (κ3) is 4.83. The monoisotopic (exact) mass is 539 g/mol. The van der Waals surface area contributed by atoms with Crippen molar-refractivity contribution in [2.75, 3.05) is 17.7 Å². The highest BCUT2D eigenvalue weighted by atomic mass is 79.9. The van der Waals surface area contributed by atoms with Gasteiger partial charge in [-0.05, 0) is 17.7 Å². The lowest BCUT2D eigenvalue weighted by Crippen LogP contribution is -2.35. The van der Waals surface area contributed by atoms with E-state index in [4.69, 9.17) is 4.74 Å². The van der Waals surface area contributed by atoms with Crippen LogP contribution in [0.2, 0.25) is 0 Å². The molecule has 0 radical (unpaired) electrons. The van der Waals surface area contributed by atoms with Crippen LogP contribution >= 0.6 is 15.9 Å². The number of alkyl halides is 3. The molecule has 2 N–H and O–H groups in total. The summed E-state index contributed by atoms with van der Waals surface area (Å²) in [5.74, 6) is -0.666. The van der Waals surface area contributed by atoms with Gasteiger partial charge in [-0.3, -0.25) is 14.9 Å². The molecule has 1 amide bonds. The average molecular weight is 540 g/mol. The number of amides is 1. The normalized spacial score (nSPS) is 17.4. The van der Waals surface area contributed by atoms with Crippen LogP contribution in [-0.2, 0) is 0 Å². The lowest BCUT2D eigenvalue weighted by atomic mass is 9.97. The molecule has 4 rings (SSSR count). The van der Waals surface area contributed by atoms with Crippen molar-refractivity contribution in [2.45, 2.75) is 24.7 Å². The highest BCUT2D eigenvalue weighted by Crippen LogP contribution is 2.43. The maximum absolute atomic E-state index is 13.9. The van der Waals surface area contributed by atoms with Gasteiger partial charge in [-0.1, -0.05) is 28.1 Å². The van der Waals surface area contributed by atoms with Crippen molar-refractivity contribution in [1.29, 1.82) is 0 Å². The van der Waals surface area contributed by atoms with Crippen LogP contribution in [0.1, 0.15) is 34.6 Å². The number of halogens is 4. The quantitative estimate of drug-likeness (QED) is 0.328. The molecule has 1 aliphatic heterocycles. The van der Waals surface area contributed by atoms with Crippen molar-refractivity contribution in [3.05, 3.63) is 74.4 Å². The Morgan fingerprint density at radius 1 is 1.26 bits per heavy atom. The summed E-state index contributed by atoms with van der Waals surface area (Å²) in [5, 5.41) is 20.4. The van der Waals surface area contributed by atoms with Crippen LogP contribution in [0.5, 0.6) is 5.75 Å². The fraction of sp³-hybridized carbons (Fsp3) is 0.238. The van der Waals surface area contributed by atoms with Gasteiger partial charge in [0.1, 0.15) is 11.6 Å². The van der Waals surface area contributed by atoms with E-state index in [0.29, 0.717) is 5.56 Å². The first-order valence-corrected chi connectivity index (χ1v) is 10.7. The summed E-state index contributed by atoms with van der Waals surface area (Å²) < 4.78 is 48.1. The zero-order valence-corrected chi connectivity index (χ0v) is 19.1. The molecule has 0 fully saturated rings. The number of nitro groups is 1. The number of carbonyl (C=O) groups is 1. The van der Waals surface area contributed by atoms with E-state index in [1.54, 1.807) is 24.3 Å². The molecule has 0 spiro atoms. The smallest absolute Gasteiger partial charge is 0.410 e. The van der Waals surface area contributed by atoms with Crippen LogP contribution in [0, 0.1) is 10.1 Å². The van der Waals surface area contributed by atoms with Gasteiger partial charge < -0.3 is 15.4 Å². The topological polar surface area (TPSA) is 111 Å². The van der Waals surface area contributed by atoms with Gasteiger partial charge in [-0.2, -0.15) is 18.3 Å². The lowest BCUT2D eigenvalue weighted by molar-refractivity contribution is -0.384. The fourth-order valence-electron chi connectivity index (χ4n) is 3.67. The molecule has 2 heterocycles. The van der Waals surface area contributed by atoms with Crippen LogP contribution in [-0.4, -0.2) is 33.9 Å². The lowest BCUT2D eigenvalue weighted by Gasteiger charge is -2.33. The van der Waals surface area contributed by atoms with E-state index in [2.05, 4.69) is 31.7 Å². The van der Waals surface area contributed by atoms with Gasteiger partial charge in [0.25, 0.3) is 11.6 Å². The second kappa shape index (κ2) is 8.97. The maximum atomic E-state index is 13.9. The summed E-state index contributed by atoms with van der Waals surface area (Å²) in [5.41, 5.74) is 0.0864. The second-order valence-electron chi connectivity index (χ2n) is 7.53. The van der Waals surface area contributed by atoms with Crippen LogP contribution in [0.3, 0.4) is 0 Å². The summed E-state index contributed by atoms with van der Waals surface area (Å²) in [6.07, 6.45) is -4.92. The van der Waals surface area contributed by atoms with Crippen LogP contribution < -0.4 is 15.4 Å². The first kappa shape index (κ1) is 23.5. The Bertz CT molecular complexity index is 1250. The number of non-ortho nitro benzene ring substituents is 1. The standard InChI is InChI=1S/C21H17BrF3N5O4/c1-34-15-7-13(6-14(8-15)30(32)33)26-20(31)17-10-19-27-16(11-2-4-12(22)5-3-11)9-18(21(23,24)25)29(19)28-17/h2-8,10,16,18,27H,9H2,1H3,(H,26,31)/t16-,18+/m1/s1. The second-order valence-corrected chi connectivity index (χ2v) is 8.45. The molecule has 34 heavy (non-hydrogen) atoms. The predicted octanol–water partition coefficient (Wildman–Crippen LogP) is 5.48. The van der Waals surface area contributed by atoms with Gasteiger partial charge in [-0.15, -0.1) is 0 Å². The number of fused-ring (bicyclic) bond motifs is 1. The van der Waals surface area contributed by atoms with Crippen LogP contribution in [0.15, 0.2) is 53.0 Å². The molecule has 0 saturated carbocycles. The summed E-state index contributed by atoms with van der Waals surface area (Å²) in [6, 6.07) is 9.14. The molecule has 9 nitrogen and oxygen atoms in total. The fourth-order valence-corrected chi connectivity index (χ4v) is 3.94. The number of rotatable bonds is 5. The number of benzene rings is 2. The summed E-state index contributed by atoms with van der Waals surface area (Å²) in [6.45, 7) is 0. The number of nitrogens with zero attached hydrogens (tertiary/aromatic N) is 3. The Labute approximate surface area is 199 Å². The zero-order valence-electron chi connectivity index (χ0n) is 17.5. The summed E-state index contributed by atoms with van der Waals surface area (Å²) >= 11 is 3.30. The third-order valence-corrected chi connectivity index (χ3v) is 5.82. The zero-order chi connectivity index (χ0) is 24.6. The molecule has 1 aliphatic rings. The number of methoxy groups -OCH3 is 1. The largest absolute Gasteiger partial charge is 0.496 e. The Morgan fingerprint density at radius 2 is 1.97 bits per heavy atom. The number of nitrogens with one attached hydrogen (secondary N) is 2. The molecule has 0 unspecified atom stereocenters. The highest BCUT2D eigenvalue weighted by Gasteiger charge is 2.46. The molecule has 0 bridgehead atoms. The van der Waals surface area contributed by atoms with E-state index < -0.39 is 29.1 Å². The molecule has 0 saturated heterocycles. The maximum Gasteiger partial charge on any atom is 0.410 e. The molecule has 3 aromatic rings. The van der Waals surface area contributed by atoms with E-state index in [1.165, 1.54) is 25.3 Å². The molecular weight excluding hydrogens is 523 g/mol. The van der Waals surface area contributed by atoms with Crippen molar-refractivity contribution >= 4 is 39.0 Å². The van der Waals surface area contributed by atoms with Gasteiger partial charge in [0.05, 0.1) is 29.8 Å². The number of carbonyl (C=O) groups excluding carboxylic acids is 1. The SMILES string of the molecule is COc1cc(NC(=O)c2cc3n(n2)[C@H](C(F)(F)F)C[C@H](c2ccc(Br)cc2)N3)cc([N+](=O)[O-])c1.